The molecule has 0 radical (unpaired) electrons. The number of hydrogen-bond acceptors (Lipinski definition) is 2. The van der Waals surface area contributed by atoms with Crippen molar-refractivity contribution in [3.8, 4) is 0 Å². The standard InChI is InChI=1S/C15H21N3S/c19-15(16-12-4-5-12)17-13-6-8-14(9-7-13)18-10-2-1-3-11-18/h6-9,12H,1-5,10-11H2,(H2,16,17,19). The summed E-state index contributed by atoms with van der Waals surface area (Å²) in [5.41, 5.74) is 2.39. The minimum Gasteiger partial charge on any atom is -0.372 e. The van der Waals surface area contributed by atoms with Gasteiger partial charge in [0.05, 0.1) is 0 Å². The molecular weight excluding hydrogens is 254 g/mol. The van der Waals surface area contributed by atoms with Crippen molar-refractivity contribution in [2.24, 2.45) is 0 Å². The van der Waals surface area contributed by atoms with Crippen molar-refractivity contribution in [1.82, 2.24) is 5.32 Å². The Hall–Kier alpha value is -1.29. The van der Waals surface area contributed by atoms with Crippen LogP contribution in [0.1, 0.15) is 32.1 Å². The summed E-state index contributed by atoms with van der Waals surface area (Å²) in [7, 11) is 0. The second kappa shape index (κ2) is 5.78. The first kappa shape index (κ1) is 12.7. The lowest BCUT2D eigenvalue weighted by molar-refractivity contribution is 0.578. The molecule has 1 aliphatic carbocycles. The van der Waals surface area contributed by atoms with Gasteiger partial charge in [-0.3, -0.25) is 0 Å². The molecule has 4 heteroatoms. The Balaban J connectivity index is 1.56. The van der Waals surface area contributed by atoms with Crippen LogP contribution >= 0.6 is 12.2 Å². The van der Waals surface area contributed by atoms with E-state index in [0.717, 1.165) is 10.8 Å². The molecule has 102 valence electrons. The van der Waals surface area contributed by atoms with Crippen LogP contribution in [0.5, 0.6) is 0 Å². The second-order valence-electron chi connectivity index (χ2n) is 5.47. The lowest BCUT2D eigenvalue weighted by Gasteiger charge is -2.28. The summed E-state index contributed by atoms with van der Waals surface area (Å²) in [6, 6.07) is 9.21. The van der Waals surface area contributed by atoms with Gasteiger partial charge in [0.25, 0.3) is 0 Å². The summed E-state index contributed by atoms with van der Waals surface area (Å²) in [6.07, 6.45) is 6.49. The highest BCUT2D eigenvalue weighted by molar-refractivity contribution is 7.80. The number of rotatable bonds is 3. The van der Waals surface area contributed by atoms with E-state index in [0.29, 0.717) is 6.04 Å². The van der Waals surface area contributed by atoms with E-state index >= 15 is 0 Å². The maximum atomic E-state index is 5.28. The summed E-state index contributed by atoms with van der Waals surface area (Å²) in [5.74, 6) is 0. The third-order valence-electron chi connectivity index (χ3n) is 3.76. The lowest BCUT2D eigenvalue weighted by Crippen LogP contribution is -2.30. The van der Waals surface area contributed by atoms with Crippen LogP contribution in [0.15, 0.2) is 24.3 Å². The van der Waals surface area contributed by atoms with Crippen LogP contribution in [0, 0.1) is 0 Å². The van der Waals surface area contributed by atoms with E-state index in [9.17, 15) is 0 Å². The number of nitrogens with one attached hydrogen (secondary N) is 2. The van der Waals surface area contributed by atoms with Gasteiger partial charge in [0.2, 0.25) is 0 Å². The van der Waals surface area contributed by atoms with Crippen LogP contribution in [0.25, 0.3) is 0 Å². The van der Waals surface area contributed by atoms with Gasteiger partial charge in [-0.05, 0) is 68.6 Å². The molecule has 1 saturated heterocycles. The first-order chi connectivity index (χ1) is 9.31. The van der Waals surface area contributed by atoms with E-state index in [-0.39, 0.29) is 0 Å². The second-order valence-corrected chi connectivity index (χ2v) is 5.88. The largest absolute Gasteiger partial charge is 0.372 e. The molecule has 0 unspecified atom stereocenters. The summed E-state index contributed by atoms with van der Waals surface area (Å²) >= 11 is 5.28. The molecule has 3 nitrogen and oxygen atoms in total. The normalized spacial score (nSPS) is 19.1. The van der Waals surface area contributed by atoms with E-state index in [4.69, 9.17) is 12.2 Å². The van der Waals surface area contributed by atoms with Crippen LogP contribution in [-0.4, -0.2) is 24.2 Å². The van der Waals surface area contributed by atoms with Gasteiger partial charge in [-0.1, -0.05) is 0 Å². The molecule has 0 aromatic heterocycles. The predicted molar refractivity (Wildman–Crippen MR) is 84.9 cm³/mol. The van der Waals surface area contributed by atoms with Gasteiger partial charge < -0.3 is 15.5 Å². The van der Waals surface area contributed by atoms with Crippen molar-refractivity contribution >= 4 is 28.7 Å². The van der Waals surface area contributed by atoms with Crippen molar-refractivity contribution in [1.29, 1.82) is 0 Å². The number of piperidine rings is 1. The minimum atomic E-state index is 0.604. The highest BCUT2D eigenvalue weighted by atomic mass is 32.1. The molecule has 2 fully saturated rings. The van der Waals surface area contributed by atoms with Gasteiger partial charge in [-0.2, -0.15) is 0 Å². The van der Waals surface area contributed by atoms with Gasteiger partial charge in [0.1, 0.15) is 0 Å². The molecule has 1 saturated carbocycles. The summed E-state index contributed by atoms with van der Waals surface area (Å²) in [5, 5.41) is 7.28. The zero-order valence-corrected chi connectivity index (χ0v) is 12.0. The van der Waals surface area contributed by atoms with Gasteiger partial charge in [0.15, 0.2) is 5.11 Å². The van der Waals surface area contributed by atoms with Crippen molar-refractivity contribution in [2.45, 2.75) is 38.1 Å². The maximum Gasteiger partial charge on any atom is 0.170 e. The fourth-order valence-corrected chi connectivity index (χ4v) is 2.77. The zero-order valence-electron chi connectivity index (χ0n) is 11.2. The molecule has 2 aliphatic rings. The number of nitrogens with zero attached hydrogens (tertiary/aromatic N) is 1. The fourth-order valence-electron chi connectivity index (χ4n) is 2.49. The van der Waals surface area contributed by atoms with Gasteiger partial charge in [-0.15, -0.1) is 0 Å². The van der Waals surface area contributed by atoms with Crippen molar-refractivity contribution in [3.05, 3.63) is 24.3 Å². The lowest BCUT2D eigenvalue weighted by atomic mass is 10.1. The van der Waals surface area contributed by atoms with E-state index < -0.39 is 0 Å². The number of thiocarbonyl (C=S) groups is 1. The van der Waals surface area contributed by atoms with Crippen molar-refractivity contribution in [3.63, 3.8) is 0 Å². The topological polar surface area (TPSA) is 27.3 Å². The average molecular weight is 275 g/mol. The SMILES string of the molecule is S=C(Nc1ccc(N2CCCCC2)cc1)NC1CC1. The molecule has 0 amide bonds. The molecule has 2 N–H and O–H groups in total. The van der Waals surface area contributed by atoms with Gasteiger partial charge in [0, 0.05) is 30.5 Å². The molecule has 0 atom stereocenters. The Labute approximate surface area is 120 Å². The highest BCUT2D eigenvalue weighted by Gasteiger charge is 2.21. The molecule has 0 bridgehead atoms. The van der Waals surface area contributed by atoms with Crippen LogP contribution < -0.4 is 15.5 Å². The predicted octanol–water partition coefficient (Wildman–Crippen LogP) is 3.13. The fraction of sp³-hybridized carbons (Fsp3) is 0.533. The Kier molecular flexibility index (Phi) is 3.87. The Morgan fingerprint density at radius 2 is 1.74 bits per heavy atom. The number of hydrogen-bond donors (Lipinski definition) is 2. The number of benzene rings is 1. The van der Waals surface area contributed by atoms with E-state index in [1.165, 1.54) is 50.9 Å². The minimum absolute atomic E-state index is 0.604. The molecule has 3 rings (SSSR count). The summed E-state index contributed by atoms with van der Waals surface area (Å²) in [6.45, 7) is 2.38. The summed E-state index contributed by atoms with van der Waals surface area (Å²) in [4.78, 5) is 2.47. The maximum absolute atomic E-state index is 5.28. The monoisotopic (exact) mass is 275 g/mol. The van der Waals surface area contributed by atoms with Gasteiger partial charge in [-0.25, -0.2) is 0 Å². The van der Waals surface area contributed by atoms with E-state index in [1.807, 2.05) is 0 Å². The smallest absolute Gasteiger partial charge is 0.170 e. The van der Waals surface area contributed by atoms with Crippen molar-refractivity contribution in [2.75, 3.05) is 23.3 Å². The summed E-state index contributed by atoms with van der Waals surface area (Å²) < 4.78 is 0. The van der Waals surface area contributed by atoms with Crippen LogP contribution in [0.3, 0.4) is 0 Å². The third kappa shape index (κ3) is 3.60. The van der Waals surface area contributed by atoms with Crippen LogP contribution in [0.2, 0.25) is 0 Å². The van der Waals surface area contributed by atoms with E-state index in [1.54, 1.807) is 0 Å². The molecular formula is C15H21N3S. The van der Waals surface area contributed by atoms with Crippen LogP contribution in [-0.2, 0) is 0 Å². The Morgan fingerprint density at radius 1 is 1.05 bits per heavy atom. The Bertz CT molecular complexity index is 433. The molecule has 19 heavy (non-hydrogen) atoms. The third-order valence-corrected chi connectivity index (χ3v) is 3.98. The van der Waals surface area contributed by atoms with Gasteiger partial charge >= 0.3 is 0 Å². The molecule has 1 aromatic rings. The van der Waals surface area contributed by atoms with E-state index in [2.05, 4.69) is 39.8 Å². The zero-order chi connectivity index (χ0) is 13.1. The molecule has 1 aliphatic heterocycles. The Morgan fingerprint density at radius 3 is 2.37 bits per heavy atom. The average Bonchev–Trinajstić information content (AvgIpc) is 3.24. The quantitative estimate of drug-likeness (QED) is 0.829. The first-order valence-corrected chi connectivity index (χ1v) is 7.64. The molecule has 1 heterocycles. The van der Waals surface area contributed by atoms with Crippen molar-refractivity contribution < 1.29 is 0 Å². The highest BCUT2D eigenvalue weighted by Crippen LogP contribution is 2.22. The molecule has 1 aromatic carbocycles. The molecule has 0 spiro atoms. The van der Waals surface area contributed by atoms with Crippen LogP contribution in [0.4, 0.5) is 11.4 Å². The first-order valence-electron chi connectivity index (χ1n) is 7.24. The number of anilines is 2.